The minimum Gasteiger partial charge on any atom is -0.479 e. The normalized spacial score (nSPS) is 29.6. The number of benzene rings is 1. The Morgan fingerprint density at radius 2 is 1.93 bits per heavy atom. The van der Waals surface area contributed by atoms with Crippen molar-refractivity contribution in [3.8, 4) is 5.75 Å². The van der Waals surface area contributed by atoms with Crippen molar-refractivity contribution in [2.45, 2.75) is 19.4 Å². The molecule has 1 saturated carbocycles. The van der Waals surface area contributed by atoms with Crippen LogP contribution in [0.15, 0.2) is 35.5 Å². The van der Waals surface area contributed by atoms with Gasteiger partial charge in [-0.15, -0.1) is 0 Å². The zero-order valence-corrected chi connectivity index (χ0v) is 15.2. The molecule has 2 bridgehead atoms. The second kappa shape index (κ2) is 6.49. The monoisotopic (exact) mass is 388 g/mol. The third-order valence-corrected chi connectivity index (χ3v) is 5.62. The van der Waals surface area contributed by atoms with Gasteiger partial charge in [-0.3, -0.25) is 9.59 Å². The van der Waals surface area contributed by atoms with Crippen molar-refractivity contribution in [2.24, 2.45) is 28.8 Å². The van der Waals surface area contributed by atoms with Gasteiger partial charge in [-0.25, -0.2) is 4.79 Å². The molecule has 1 aromatic rings. The van der Waals surface area contributed by atoms with Gasteiger partial charge in [0.15, 0.2) is 6.10 Å². The first kappa shape index (κ1) is 17.7. The summed E-state index contributed by atoms with van der Waals surface area (Å²) in [5, 5.41) is 14.4. The first-order valence-electron chi connectivity index (χ1n) is 8.66. The van der Waals surface area contributed by atoms with Gasteiger partial charge in [0.25, 0.3) is 11.8 Å². The zero-order valence-electron chi connectivity index (χ0n) is 14.4. The molecule has 7 nitrogen and oxygen atoms in total. The number of rotatable bonds is 5. The molecule has 1 heterocycles. The molecular formula is C19H17ClN2O5. The molecule has 27 heavy (non-hydrogen) atoms. The van der Waals surface area contributed by atoms with Gasteiger partial charge >= 0.3 is 5.97 Å². The summed E-state index contributed by atoms with van der Waals surface area (Å²) >= 11 is 6.00. The van der Waals surface area contributed by atoms with Crippen LogP contribution in [-0.2, 0) is 14.4 Å². The van der Waals surface area contributed by atoms with E-state index < -0.39 is 12.1 Å². The maximum absolute atomic E-state index is 12.6. The fraction of sp³-hybridized carbons (Fsp3) is 0.368. The van der Waals surface area contributed by atoms with Crippen LogP contribution in [0.3, 0.4) is 0 Å². The summed E-state index contributed by atoms with van der Waals surface area (Å²) in [5.74, 6) is -1.88. The second-order valence-corrected chi connectivity index (χ2v) is 7.45. The Labute approximate surface area is 160 Å². The van der Waals surface area contributed by atoms with Crippen LogP contribution in [0, 0.1) is 23.7 Å². The molecule has 1 aliphatic heterocycles. The average molecular weight is 389 g/mol. The lowest BCUT2D eigenvalue weighted by Gasteiger charge is -2.14. The number of imide groups is 1. The number of amides is 2. The molecule has 1 N–H and O–H groups in total. The maximum atomic E-state index is 12.6. The molecule has 3 aliphatic rings. The standard InChI is InChI=1S/C19H17ClN2O5/c1-9(19(25)26)27-14-5-4-13(20)7-12(14)8-21-22-17(23)15-10-2-3-11(6-10)16(15)18(22)24/h2-5,7-11,15-16H,6H2,1H3,(H,25,26). The van der Waals surface area contributed by atoms with E-state index in [1.165, 1.54) is 25.3 Å². The number of carboxylic acids is 1. The number of aliphatic carboxylic acids is 1. The van der Waals surface area contributed by atoms with Crippen LogP contribution < -0.4 is 4.74 Å². The van der Waals surface area contributed by atoms with E-state index in [4.69, 9.17) is 21.4 Å². The first-order chi connectivity index (χ1) is 12.9. The summed E-state index contributed by atoms with van der Waals surface area (Å²) in [7, 11) is 0. The highest BCUT2D eigenvalue weighted by Gasteiger charge is 2.59. The van der Waals surface area contributed by atoms with Gasteiger partial charge in [0.1, 0.15) is 5.75 Å². The number of carboxylic acid groups (broad SMARTS) is 1. The molecule has 4 rings (SSSR count). The molecule has 2 fully saturated rings. The number of allylic oxidation sites excluding steroid dienone is 2. The average Bonchev–Trinajstić information content (AvgIpc) is 3.30. The molecule has 140 valence electrons. The lowest BCUT2D eigenvalue weighted by Crippen LogP contribution is -2.28. The van der Waals surface area contributed by atoms with E-state index in [-0.39, 0.29) is 41.2 Å². The number of carbonyl (C=O) groups excluding carboxylic acids is 2. The third-order valence-electron chi connectivity index (χ3n) is 5.38. The van der Waals surface area contributed by atoms with Gasteiger partial charge in [-0.05, 0) is 43.4 Å². The van der Waals surface area contributed by atoms with Crippen LogP contribution in [0.2, 0.25) is 5.02 Å². The molecule has 5 atom stereocenters. The highest BCUT2D eigenvalue weighted by molar-refractivity contribution is 6.31. The predicted octanol–water partition coefficient (Wildman–Crippen LogP) is 2.33. The highest BCUT2D eigenvalue weighted by atomic mass is 35.5. The van der Waals surface area contributed by atoms with Crippen molar-refractivity contribution in [1.82, 2.24) is 5.01 Å². The molecule has 0 aromatic heterocycles. The van der Waals surface area contributed by atoms with E-state index in [1.807, 2.05) is 12.2 Å². The predicted molar refractivity (Wildman–Crippen MR) is 96.3 cm³/mol. The number of hydrogen-bond acceptors (Lipinski definition) is 5. The van der Waals surface area contributed by atoms with Crippen molar-refractivity contribution in [2.75, 3.05) is 0 Å². The Hall–Kier alpha value is -2.67. The molecule has 5 unspecified atom stereocenters. The minimum absolute atomic E-state index is 0.109. The largest absolute Gasteiger partial charge is 0.479 e. The fourth-order valence-electron chi connectivity index (χ4n) is 4.09. The van der Waals surface area contributed by atoms with Gasteiger partial charge in [0, 0.05) is 10.6 Å². The summed E-state index contributed by atoms with van der Waals surface area (Å²) in [6.45, 7) is 1.40. The smallest absolute Gasteiger partial charge is 0.344 e. The number of halogens is 1. The second-order valence-electron chi connectivity index (χ2n) is 7.01. The molecule has 2 aliphatic carbocycles. The first-order valence-corrected chi connectivity index (χ1v) is 9.03. The molecule has 0 radical (unpaired) electrons. The molecule has 0 spiro atoms. The number of hydrogen-bond donors (Lipinski definition) is 1. The summed E-state index contributed by atoms with van der Waals surface area (Å²) in [6, 6.07) is 4.62. The Bertz CT molecular complexity index is 866. The van der Waals surface area contributed by atoms with Crippen molar-refractivity contribution >= 4 is 35.6 Å². The molecule has 1 saturated heterocycles. The fourth-order valence-corrected chi connectivity index (χ4v) is 4.27. The Morgan fingerprint density at radius 3 is 2.52 bits per heavy atom. The van der Waals surface area contributed by atoms with Crippen LogP contribution in [0.4, 0.5) is 0 Å². The minimum atomic E-state index is -1.12. The van der Waals surface area contributed by atoms with Crippen LogP contribution in [0.25, 0.3) is 0 Å². The third kappa shape index (κ3) is 2.92. The van der Waals surface area contributed by atoms with Crippen molar-refractivity contribution in [3.05, 3.63) is 40.9 Å². The van der Waals surface area contributed by atoms with Crippen LogP contribution >= 0.6 is 11.6 Å². The SMILES string of the molecule is CC(Oc1ccc(Cl)cc1C=NN1C(=O)C2C3C=CC(C3)C2C1=O)C(=O)O. The summed E-state index contributed by atoms with van der Waals surface area (Å²) in [5.41, 5.74) is 0.384. The van der Waals surface area contributed by atoms with Crippen molar-refractivity contribution in [1.29, 1.82) is 0 Å². The van der Waals surface area contributed by atoms with Crippen LogP contribution in [0.5, 0.6) is 5.75 Å². The van der Waals surface area contributed by atoms with Gasteiger partial charge in [-0.1, -0.05) is 23.8 Å². The number of carbonyl (C=O) groups is 3. The van der Waals surface area contributed by atoms with Crippen LogP contribution in [-0.4, -0.2) is 40.2 Å². The molecule has 8 heteroatoms. The number of hydrazone groups is 1. The van der Waals surface area contributed by atoms with E-state index in [1.54, 1.807) is 6.07 Å². The van der Waals surface area contributed by atoms with E-state index in [0.29, 0.717) is 10.6 Å². The van der Waals surface area contributed by atoms with E-state index in [0.717, 1.165) is 11.4 Å². The Kier molecular flexibility index (Phi) is 4.26. The van der Waals surface area contributed by atoms with Crippen molar-refractivity contribution in [3.63, 3.8) is 0 Å². The van der Waals surface area contributed by atoms with Crippen molar-refractivity contribution < 1.29 is 24.2 Å². The summed E-state index contributed by atoms with van der Waals surface area (Å²) in [6.07, 6.45) is 5.11. The van der Waals surface area contributed by atoms with Gasteiger partial charge in [0.2, 0.25) is 0 Å². The Morgan fingerprint density at radius 1 is 1.30 bits per heavy atom. The van der Waals surface area contributed by atoms with Gasteiger partial charge in [-0.2, -0.15) is 10.1 Å². The number of fused-ring (bicyclic) bond motifs is 5. The van der Waals surface area contributed by atoms with Gasteiger partial charge in [0.05, 0.1) is 18.1 Å². The van der Waals surface area contributed by atoms with E-state index >= 15 is 0 Å². The lowest BCUT2D eigenvalue weighted by molar-refractivity contribution is -0.144. The van der Waals surface area contributed by atoms with E-state index in [9.17, 15) is 14.4 Å². The summed E-state index contributed by atoms with van der Waals surface area (Å²) < 4.78 is 5.40. The molecule has 2 amide bonds. The number of ether oxygens (including phenoxy) is 1. The zero-order chi connectivity index (χ0) is 19.3. The van der Waals surface area contributed by atoms with E-state index in [2.05, 4.69) is 5.10 Å². The quantitative estimate of drug-likeness (QED) is 0.474. The number of nitrogens with zero attached hydrogens (tertiary/aromatic N) is 2. The van der Waals surface area contributed by atoms with Gasteiger partial charge < -0.3 is 9.84 Å². The highest BCUT2D eigenvalue weighted by Crippen LogP contribution is 2.52. The van der Waals surface area contributed by atoms with Crippen LogP contribution in [0.1, 0.15) is 18.9 Å². The maximum Gasteiger partial charge on any atom is 0.344 e. The molecular weight excluding hydrogens is 372 g/mol. The topological polar surface area (TPSA) is 96.3 Å². The summed E-state index contributed by atoms with van der Waals surface area (Å²) in [4.78, 5) is 36.3. The Balaban J connectivity index is 1.58. The molecule has 1 aromatic carbocycles. The lowest BCUT2D eigenvalue weighted by atomic mass is 9.85.